The number of carboxylic acids is 1. The van der Waals surface area contributed by atoms with Crippen LogP contribution in [0.4, 0.5) is 13.2 Å². The molecule has 0 spiro atoms. The summed E-state index contributed by atoms with van der Waals surface area (Å²) < 4.78 is 48.7. The molecular formula is C24H24BrF3N4O4S2. The molecule has 0 saturated carbocycles. The van der Waals surface area contributed by atoms with E-state index in [1.165, 1.54) is 34.4 Å². The number of hydrogen-bond acceptors (Lipinski definition) is 9. The lowest BCUT2D eigenvalue weighted by Gasteiger charge is -2.31. The van der Waals surface area contributed by atoms with Crippen molar-refractivity contribution in [3.05, 3.63) is 61.9 Å². The van der Waals surface area contributed by atoms with Crippen LogP contribution in [0.1, 0.15) is 30.0 Å². The van der Waals surface area contributed by atoms with Crippen LogP contribution in [0.25, 0.3) is 0 Å². The monoisotopic (exact) mass is 632 g/mol. The van der Waals surface area contributed by atoms with E-state index in [0.717, 1.165) is 11.8 Å². The van der Waals surface area contributed by atoms with Gasteiger partial charge in [0.05, 0.1) is 24.5 Å². The second-order valence-corrected chi connectivity index (χ2v) is 11.4. The van der Waals surface area contributed by atoms with E-state index >= 15 is 0 Å². The molecule has 0 bridgehead atoms. The molecular weight excluding hydrogens is 609 g/mol. The molecule has 1 fully saturated rings. The second kappa shape index (κ2) is 12.2. The van der Waals surface area contributed by atoms with Gasteiger partial charge in [0.25, 0.3) is 5.92 Å². The first-order chi connectivity index (χ1) is 18.1. The van der Waals surface area contributed by atoms with E-state index in [1.807, 2.05) is 0 Å². The molecule has 2 N–H and O–H groups in total. The summed E-state index contributed by atoms with van der Waals surface area (Å²) in [6.45, 7) is 1.10. The molecule has 2 aromatic rings. The van der Waals surface area contributed by atoms with Crippen molar-refractivity contribution in [2.75, 3.05) is 31.2 Å². The smallest absolute Gasteiger partial charge is 0.338 e. The Hall–Kier alpha value is -2.42. The number of aliphatic imine (C=N–C) groups is 1. The molecule has 2 atom stereocenters. The Labute approximate surface area is 233 Å². The number of halogens is 4. The summed E-state index contributed by atoms with van der Waals surface area (Å²) in [4.78, 5) is 34.8. The molecule has 1 unspecified atom stereocenters. The maximum absolute atomic E-state index is 14.5. The number of carboxylic acid groups (broad SMARTS) is 1. The van der Waals surface area contributed by atoms with Crippen LogP contribution in [-0.2, 0) is 14.3 Å². The van der Waals surface area contributed by atoms with Gasteiger partial charge < -0.3 is 15.2 Å². The van der Waals surface area contributed by atoms with Crippen LogP contribution in [0, 0.1) is 5.82 Å². The number of hydrogen-bond donors (Lipinski definition) is 2. The zero-order valence-corrected chi connectivity index (χ0v) is 23.3. The largest absolute Gasteiger partial charge is 0.481 e. The number of nitrogens with zero attached hydrogens (tertiary/aromatic N) is 3. The van der Waals surface area contributed by atoms with Crippen molar-refractivity contribution in [2.45, 2.75) is 31.4 Å². The van der Waals surface area contributed by atoms with Gasteiger partial charge in [0, 0.05) is 46.5 Å². The Bertz CT molecular complexity index is 1260. The fourth-order valence-corrected chi connectivity index (χ4v) is 6.41. The standard InChI is InChI=1S/C24H24BrF3N4O4S2/c1-2-36-23(35)19-17(9-32-12-24(27,28)8-14(32)10-37-11-18(33)34)30-21(22-29-5-6-38-22)31-20(19)15-4-3-13(26)7-16(15)25/h3-7,14,20H,2,8-12H2,1H3,(H,30,31)(H,33,34)/t14?,20-/m0/s1. The number of carbonyl (C=O) groups excluding carboxylic acids is 1. The normalized spacial score (nSPS) is 21.2. The molecule has 0 radical (unpaired) electrons. The Balaban J connectivity index is 1.76. The van der Waals surface area contributed by atoms with Crippen molar-refractivity contribution in [1.82, 2.24) is 15.2 Å². The molecule has 14 heteroatoms. The number of benzene rings is 1. The Kier molecular flexibility index (Phi) is 9.16. The fraction of sp³-hybridized carbons (Fsp3) is 0.417. The Morgan fingerprint density at radius 1 is 1.39 bits per heavy atom. The fourth-order valence-electron chi connectivity index (χ4n) is 4.37. The van der Waals surface area contributed by atoms with Gasteiger partial charge in [-0.25, -0.2) is 22.9 Å². The van der Waals surface area contributed by atoms with Crippen LogP contribution in [0.5, 0.6) is 0 Å². The number of alkyl halides is 2. The van der Waals surface area contributed by atoms with Gasteiger partial charge in [0.15, 0.2) is 10.8 Å². The van der Waals surface area contributed by atoms with E-state index in [0.29, 0.717) is 26.6 Å². The maximum Gasteiger partial charge on any atom is 0.338 e. The summed E-state index contributed by atoms with van der Waals surface area (Å²) in [6, 6.07) is 2.46. The average Bonchev–Trinajstić information content (AvgIpc) is 3.46. The first-order valence-electron chi connectivity index (χ1n) is 11.6. The zero-order valence-electron chi connectivity index (χ0n) is 20.1. The lowest BCUT2D eigenvalue weighted by Crippen LogP contribution is -2.42. The highest BCUT2D eigenvalue weighted by Crippen LogP contribution is 2.39. The highest BCUT2D eigenvalue weighted by molar-refractivity contribution is 9.10. The molecule has 1 aromatic heterocycles. The third kappa shape index (κ3) is 6.77. The van der Waals surface area contributed by atoms with Crippen molar-refractivity contribution in [3.8, 4) is 0 Å². The zero-order chi connectivity index (χ0) is 27.4. The van der Waals surface area contributed by atoms with Gasteiger partial charge in [0.2, 0.25) is 0 Å². The van der Waals surface area contributed by atoms with Crippen LogP contribution in [0.2, 0.25) is 0 Å². The van der Waals surface area contributed by atoms with Crippen LogP contribution >= 0.6 is 39.0 Å². The van der Waals surface area contributed by atoms with Gasteiger partial charge in [-0.15, -0.1) is 23.1 Å². The summed E-state index contributed by atoms with van der Waals surface area (Å²) in [5.74, 6) is -4.84. The van der Waals surface area contributed by atoms with Crippen molar-refractivity contribution in [1.29, 1.82) is 0 Å². The highest BCUT2D eigenvalue weighted by atomic mass is 79.9. The molecule has 4 rings (SSSR count). The van der Waals surface area contributed by atoms with Gasteiger partial charge in [0.1, 0.15) is 11.9 Å². The molecule has 204 valence electrons. The Morgan fingerprint density at radius 2 is 2.18 bits per heavy atom. The van der Waals surface area contributed by atoms with E-state index in [9.17, 15) is 22.8 Å². The lowest BCUT2D eigenvalue weighted by molar-refractivity contribution is -0.139. The molecule has 0 aliphatic carbocycles. The number of likely N-dealkylation sites (tertiary alicyclic amines) is 1. The predicted octanol–water partition coefficient (Wildman–Crippen LogP) is 4.48. The minimum absolute atomic E-state index is 0.0677. The third-order valence-electron chi connectivity index (χ3n) is 5.90. The van der Waals surface area contributed by atoms with E-state index in [4.69, 9.17) is 14.8 Å². The van der Waals surface area contributed by atoms with Crippen molar-refractivity contribution >= 4 is 56.8 Å². The number of aliphatic carboxylic acids is 1. The number of thioether (sulfide) groups is 1. The summed E-state index contributed by atoms with van der Waals surface area (Å²) in [5, 5.41) is 14.4. The first kappa shape index (κ1) is 28.6. The summed E-state index contributed by atoms with van der Waals surface area (Å²) in [5.41, 5.74) is 0.922. The highest BCUT2D eigenvalue weighted by Gasteiger charge is 2.46. The van der Waals surface area contributed by atoms with E-state index in [2.05, 4.69) is 26.2 Å². The summed E-state index contributed by atoms with van der Waals surface area (Å²) in [7, 11) is 0. The average molecular weight is 634 g/mol. The number of ether oxygens (including phenoxy) is 1. The number of amidine groups is 1. The van der Waals surface area contributed by atoms with Gasteiger partial charge in [-0.1, -0.05) is 22.0 Å². The molecule has 1 saturated heterocycles. The van der Waals surface area contributed by atoms with Crippen LogP contribution in [-0.4, -0.2) is 75.9 Å². The number of carbonyl (C=O) groups is 2. The molecule has 38 heavy (non-hydrogen) atoms. The number of esters is 1. The SMILES string of the molecule is CCOC(=O)C1=C(CN2CC(F)(F)CC2CSCC(=O)O)NC(c2nccs2)=N[C@H]1c1ccc(F)cc1Br. The number of nitrogens with one attached hydrogen (secondary N) is 1. The number of rotatable bonds is 10. The predicted molar refractivity (Wildman–Crippen MR) is 142 cm³/mol. The van der Waals surface area contributed by atoms with Crippen LogP contribution < -0.4 is 5.32 Å². The molecule has 3 heterocycles. The van der Waals surface area contributed by atoms with Crippen molar-refractivity contribution in [2.24, 2.45) is 4.99 Å². The van der Waals surface area contributed by atoms with Crippen LogP contribution in [0.15, 0.2) is 50.5 Å². The third-order valence-corrected chi connectivity index (χ3v) is 8.43. The molecule has 2 aliphatic rings. The van der Waals surface area contributed by atoms with Crippen LogP contribution in [0.3, 0.4) is 0 Å². The number of aromatic nitrogens is 1. The topological polar surface area (TPSA) is 104 Å². The summed E-state index contributed by atoms with van der Waals surface area (Å²) >= 11 is 5.73. The minimum atomic E-state index is -2.97. The first-order valence-corrected chi connectivity index (χ1v) is 14.4. The van der Waals surface area contributed by atoms with Gasteiger partial charge in [-0.3, -0.25) is 14.7 Å². The van der Waals surface area contributed by atoms with Crippen molar-refractivity contribution in [3.63, 3.8) is 0 Å². The van der Waals surface area contributed by atoms with Gasteiger partial charge in [-0.2, -0.15) is 0 Å². The second-order valence-electron chi connectivity index (χ2n) is 8.65. The van der Waals surface area contributed by atoms with E-state index in [-0.39, 0.29) is 30.2 Å². The van der Waals surface area contributed by atoms with Gasteiger partial charge >= 0.3 is 11.9 Å². The quantitative estimate of drug-likeness (QED) is 0.370. The number of thiazole rings is 1. The van der Waals surface area contributed by atoms with Crippen molar-refractivity contribution < 1.29 is 32.6 Å². The maximum atomic E-state index is 14.5. The molecule has 2 aliphatic heterocycles. The van der Waals surface area contributed by atoms with Gasteiger partial charge in [-0.05, 0) is 24.6 Å². The van der Waals surface area contributed by atoms with E-state index < -0.39 is 48.7 Å². The Morgan fingerprint density at radius 3 is 2.84 bits per heavy atom. The molecule has 8 nitrogen and oxygen atoms in total. The lowest BCUT2D eigenvalue weighted by atomic mass is 9.95. The molecule has 0 amide bonds. The van der Waals surface area contributed by atoms with E-state index in [1.54, 1.807) is 18.5 Å². The summed E-state index contributed by atoms with van der Waals surface area (Å²) in [6.07, 6.45) is 1.16. The molecule has 1 aromatic carbocycles. The minimum Gasteiger partial charge on any atom is -0.481 e.